The highest BCUT2D eigenvalue weighted by molar-refractivity contribution is 5.76. The number of nitrogens with zero attached hydrogens (tertiary/aromatic N) is 4. The van der Waals surface area contributed by atoms with Crippen LogP contribution in [-0.2, 0) is 16.4 Å². The number of alkyl halides is 3. The number of rotatable bonds is 8. The van der Waals surface area contributed by atoms with Gasteiger partial charge < -0.3 is 14.5 Å². The van der Waals surface area contributed by atoms with E-state index in [1.807, 2.05) is 0 Å². The number of amides is 1. The van der Waals surface area contributed by atoms with Crippen LogP contribution in [-0.4, -0.2) is 72.5 Å². The monoisotopic (exact) mass is 592 g/mol. The molecule has 8 nitrogen and oxygen atoms in total. The lowest BCUT2D eigenvalue weighted by Crippen LogP contribution is -2.47. The van der Waals surface area contributed by atoms with Crippen molar-refractivity contribution in [3.63, 3.8) is 0 Å². The number of piperidine rings is 1. The zero-order chi connectivity index (χ0) is 29.8. The van der Waals surface area contributed by atoms with Gasteiger partial charge in [0.15, 0.2) is 0 Å². The van der Waals surface area contributed by atoms with Crippen molar-refractivity contribution in [3.8, 4) is 5.75 Å². The summed E-state index contributed by atoms with van der Waals surface area (Å²) < 4.78 is 45.5. The number of nitro benzene ring substituents is 1. The Hall–Kier alpha value is -3.34. The third-order valence-corrected chi connectivity index (χ3v) is 7.90. The highest BCUT2D eigenvalue weighted by atomic mass is 19.4. The maximum Gasteiger partial charge on any atom is 0.423 e. The number of halogens is 3. The topological polar surface area (TPSA) is 79.2 Å². The molecule has 2 heterocycles. The van der Waals surface area contributed by atoms with Gasteiger partial charge in [-0.15, -0.1) is 0 Å². The molecule has 11 heteroatoms. The molecule has 42 heavy (non-hydrogen) atoms. The largest absolute Gasteiger partial charge is 0.490 e. The third kappa shape index (κ3) is 8.59. The maximum absolute atomic E-state index is 13.3. The summed E-state index contributed by atoms with van der Waals surface area (Å²) in [6.07, 6.45) is -3.01. The Morgan fingerprint density at radius 2 is 1.60 bits per heavy atom. The van der Waals surface area contributed by atoms with Crippen molar-refractivity contribution in [2.24, 2.45) is 0 Å². The van der Waals surface area contributed by atoms with Gasteiger partial charge in [0.2, 0.25) is 5.91 Å². The number of hydrogen-bond acceptors (Lipinski definition) is 6. The molecule has 0 unspecified atom stereocenters. The molecule has 0 atom stereocenters. The van der Waals surface area contributed by atoms with Crippen molar-refractivity contribution in [1.29, 1.82) is 0 Å². The van der Waals surface area contributed by atoms with E-state index in [0.29, 0.717) is 38.4 Å². The highest BCUT2D eigenvalue weighted by Gasteiger charge is 2.39. The summed E-state index contributed by atoms with van der Waals surface area (Å²) in [5, 5.41) is 11.0. The lowest BCUT2D eigenvalue weighted by Gasteiger charge is -2.36. The fourth-order valence-electron chi connectivity index (χ4n) is 5.40. The zero-order valence-corrected chi connectivity index (χ0v) is 24.0. The lowest BCUT2D eigenvalue weighted by molar-refractivity contribution is -0.388. The number of carbonyl (C=O) groups excluding carboxylic acids is 1. The Labute approximate surface area is 246 Å². The third-order valence-electron chi connectivity index (χ3n) is 7.90. The fourth-order valence-corrected chi connectivity index (χ4v) is 5.40. The van der Waals surface area contributed by atoms with Crippen LogP contribution in [0.1, 0.15) is 65.0 Å². The Kier molecular flexibility index (Phi) is 10.9. The first-order chi connectivity index (χ1) is 19.3. The molecule has 4 rings (SSSR count). The van der Waals surface area contributed by atoms with E-state index in [1.54, 1.807) is 4.90 Å². The number of benzene rings is 2. The Bertz CT molecular complexity index is 1200. The summed E-state index contributed by atoms with van der Waals surface area (Å²) in [5.74, 6) is 0.0189. The van der Waals surface area contributed by atoms with Gasteiger partial charge in [-0.2, -0.15) is 13.2 Å². The molecule has 0 saturated carbocycles. The minimum atomic E-state index is -4.86. The van der Waals surface area contributed by atoms with Gasteiger partial charge in [0.05, 0.1) is 4.92 Å². The number of ether oxygens (including phenoxy) is 1. The number of anilines is 1. The van der Waals surface area contributed by atoms with Crippen LogP contribution in [0, 0.1) is 10.1 Å². The van der Waals surface area contributed by atoms with Gasteiger partial charge in [-0.05, 0) is 48.2 Å². The molecular weight excluding hydrogens is 549 g/mol. The average molecular weight is 593 g/mol. The van der Waals surface area contributed by atoms with E-state index < -0.39 is 22.4 Å². The lowest BCUT2D eigenvalue weighted by atomic mass is 9.87. The van der Waals surface area contributed by atoms with Gasteiger partial charge in [0, 0.05) is 70.3 Å². The zero-order valence-electron chi connectivity index (χ0n) is 24.0. The predicted octanol–water partition coefficient (Wildman–Crippen LogP) is 6.52. The number of piperazine rings is 1. The molecule has 0 spiro atoms. The van der Waals surface area contributed by atoms with Crippen LogP contribution >= 0.6 is 0 Å². The first kappa shape index (κ1) is 33.2. The van der Waals surface area contributed by atoms with E-state index in [4.69, 9.17) is 4.74 Å². The standard InChI is InChI=1S/C30H39F3N4O4.CH4/c1-29(2,3)22-6-8-23(9-7-22)35-19-17-34(18-20-35)14-4-5-28(38)36-15-12-24(13-16-36)41-25-10-11-27(37(39)40)26(21-25)30(31,32)33;/h6-11,21,24H,4-5,12-20H2,1-3H3;1H4. The van der Waals surface area contributed by atoms with Crippen LogP contribution in [0.5, 0.6) is 5.75 Å². The van der Waals surface area contributed by atoms with Crippen molar-refractivity contribution < 1.29 is 27.6 Å². The summed E-state index contributed by atoms with van der Waals surface area (Å²) in [4.78, 5) is 29.3. The van der Waals surface area contributed by atoms with E-state index in [-0.39, 0.29) is 30.6 Å². The van der Waals surface area contributed by atoms with Gasteiger partial charge in [-0.3, -0.25) is 19.8 Å². The van der Waals surface area contributed by atoms with Crippen molar-refractivity contribution in [3.05, 3.63) is 63.7 Å². The minimum absolute atomic E-state index is 0. The van der Waals surface area contributed by atoms with Gasteiger partial charge in [-0.1, -0.05) is 40.3 Å². The summed E-state index contributed by atoms with van der Waals surface area (Å²) in [5.41, 5.74) is 0.374. The molecule has 0 bridgehead atoms. The minimum Gasteiger partial charge on any atom is -0.490 e. The fraction of sp³-hybridized carbons (Fsp3) is 0.581. The molecular formula is C31H43F3N4O4. The summed E-state index contributed by atoms with van der Waals surface area (Å²) in [6, 6.07) is 11.5. The Morgan fingerprint density at radius 3 is 2.14 bits per heavy atom. The van der Waals surface area contributed by atoms with Gasteiger partial charge in [0.1, 0.15) is 17.4 Å². The normalized spacial score (nSPS) is 17.1. The smallest absolute Gasteiger partial charge is 0.423 e. The second-order valence-corrected chi connectivity index (χ2v) is 11.9. The van der Waals surface area contributed by atoms with Crippen LogP contribution in [0.2, 0.25) is 0 Å². The SMILES string of the molecule is C.CC(C)(C)c1ccc(N2CCN(CCCC(=O)N3CCC(Oc4ccc([N+](=O)[O-])c(C(F)(F)F)c4)CC3)CC2)cc1. The molecule has 0 radical (unpaired) electrons. The molecule has 232 valence electrons. The van der Waals surface area contributed by atoms with Gasteiger partial charge in [-0.25, -0.2) is 0 Å². The van der Waals surface area contributed by atoms with Crippen LogP contribution < -0.4 is 9.64 Å². The molecule has 1 amide bonds. The van der Waals surface area contributed by atoms with E-state index >= 15 is 0 Å². The van der Waals surface area contributed by atoms with Crippen LogP contribution in [0.3, 0.4) is 0 Å². The average Bonchev–Trinajstić information content (AvgIpc) is 2.93. The second-order valence-electron chi connectivity index (χ2n) is 11.9. The summed E-state index contributed by atoms with van der Waals surface area (Å²) >= 11 is 0. The number of hydrogen-bond donors (Lipinski definition) is 0. The number of likely N-dealkylation sites (tertiary alicyclic amines) is 1. The molecule has 2 aliphatic rings. The quantitative estimate of drug-likeness (QED) is 0.257. The second kappa shape index (κ2) is 13.8. The molecule has 0 N–H and O–H groups in total. The number of nitro groups is 1. The molecule has 2 aromatic carbocycles. The Balaban J connectivity index is 0.00000484. The van der Waals surface area contributed by atoms with Crippen LogP contribution in [0.4, 0.5) is 24.5 Å². The van der Waals surface area contributed by atoms with Crippen molar-refractivity contribution in [1.82, 2.24) is 9.80 Å². The first-order valence-electron chi connectivity index (χ1n) is 14.2. The van der Waals surface area contributed by atoms with Crippen molar-refractivity contribution in [2.45, 2.75) is 71.6 Å². The Morgan fingerprint density at radius 1 is 0.976 bits per heavy atom. The van der Waals surface area contributed by atoms with Crippen molar-refractivity contribution >= 4 is 17.3 Å². The molecule has 2 fully saturated rings. The van der Waals surface area contributed by atoms with Gasteiger partial charge >= 0.3 is 6.18 Å². The molecule has 2 saturated heterocycles. The molecule has 2 aliphatic heterocycles. The van der Waals surface area contributed by atoms with E-state index in [9.17, 15) is 28.1 Å². The highest BCUT2D eigenvalue weighted by Crippen LogP contribution is 2.38. The summed E-state index contributed by atoms with van der Waals surface area (Å²) in [7, 11) is 0. The molecule has 0 aromatic heterocycles. The maximum atomic E-state index is 13.3. The van der Waals surface area contributed by atoms with E-state index in [0.717, 1.165) is 45.2 Å². The van der Waals surface area contributed by atoms with Crippen molar-refractivity contribution in [2.75, 3.05) is 50.7 Å². The summed E-state index contributed by atoms with van der Waals surface area (Å²) in [6.45, 7) is 12.3. The van der Waals surface area contributed by atoms with Crippen LogP contribution in [0.15, 0.2) is 42.5 Å². The van der Waals surface area contributed by atoms with E-state index in [1.165, 1.54) is 17.3 Å². The van der Waals surface area contributed by atoms with Crippen LogP contribution in [0.25, 0.3) is 0 Å². The molecule has 2 aromatic rings. The molecule has 0 aliphatic carbocycles. The van der Waals surface area contributed by atoms with Gasteiger partial charge in [0.25, 0.3) is 5.69 Å². The first-order valence-corrected chi connectivity index (χ1v) is 14.2. The number of carbonyl (C=O) groups is 1. The van der Waals surface area contributed by atoms with E-state index in [2.05, 4.69) is 54.8 Å². The predicted molar refractivity (Wildman–Crippen MR) is 158 cm³/mol.